The van der Waals surface area contributed by atoms with Gasteiger partial charge >= 0.3 is 12.1 Å². The fraction of sp³-hybridized carbons (Fsp3) is 0.588. The minimum Gasteiger partial charge on any atom is -0.367 e. The van der Waals surface area contributed by atoms with Crippen LogP contribution in [0.1, 0.15) is 39.2 Å². The van der Waals surface area contributed by atoms with E-state index in [1.165, 1.54) is 5.06 Å². The second-order valence-electron chi connectivity index (χ2n) is 7.48. The summed E-state index contributed by atoms with van der Waals surface area (Å²) in [6.07, 6.45) is -3.88. The van der Waals surface area contributed by atoms with Gasteiger partial charge in [-0.25, -0.2) is 17.9 Å². The predicted molar refractivity (Wildman–Crippen MR) is 91.9 cm³/mol. The maximum absolute atomic E-state index is 12.8. The van der Waals surface area contributed by atoms with Crippen LogP contribution >= 0.6 is 0 Å². The molecule has 0 bridgehead atoms. The first kappa shape index (κ1) is 21.6. The highest BCUT2D eigenvalue weighted by Gasteiger charge is 2.33. The number of benzene rings is 1. The van der Waals surface area contributed by atoms with E-state index in [0.717, 1.165) is 18.2 Å². The van der Waals surface area contributed by atoms with Crippen molar-refractivity contribution in [1.82, 2.24) is 9.79 Å². The molecule has 1 heterocycles. The topological polar surface area (TPSA) is 75.7 Å². The quantitative estimate of drug-likeness (QED) is 0.829. The van der Waals surface area contributed by atoms with Crippen molar-refractivity contribution in [2.75, 3.05) is 13.1 Å². The summed E-state index contributed by atoms with van der Waals surface area (Å²) in [4.78, 5) is 16.7. The van der Waals surface area contributed by atoms with Gasteiger partial charge in [-0.15, -0.1) is 5.06 Å². The zero-order valence-corrected chi connectivity index (χ0v) is 16.2. The third-order valence-electron chi connectivity index (χ3n) is 4.07. The third-order valence-corrected chi connectivity index (χ3v) is 5.59. The van der Waals surface area contributed by atoms with E-state index >= 15 is 0 Å². The van der Waals surface area contributed by atoms with Gasteiger partial charge in [0, 0.05) is 19.1 Å². The molecule has 27 heavy (non-hydrogen) atoms. The number of nitrogens with zero attached hydrogens (tertiary/aromatic N) is 1. The van der Waals surface area contributed by atoms with E-state index in [-0.39, 0.29) is 5.97 Å². The van der Waals surface area contributed by atoms with Crippen LogP contribution in [0, 0.1) is 5.41 Å². The van der Waals surface area contributed by atoms with Gasteiger partial charge in [0.05, 0.1) is 15.9 Å². The van der Waals surface area contributed by atoms with Crippen molar-refractivity contribution in [3.8, 4) is 0 Å². The number of alkyl halides is 3. The summed E-state index contributed by atoms with van der Waals surface area (Å²) in [6, 6.07) is 3.17. The van der Waals surface area contributed by atoms with Crippen LogP contribution in [-0.2, 0) is 25.8 Å². The molecule has 1 aromatic carbocycles. The lowest BCUT2D eigenvalue weighted by Crippen LogP contribution is -2.46. The average Bonchev–Trinajstić information content (AvgIpc) is 2.55. The Hall–Kier alpha value is -1.65. The summed E-state index contributed by atoms with van der Waals surface area (Å²) < 4.78 is 65.6. The normalized spacial score (nSPS) is 17.7. The molecule has 1 aromatic rings. The largest absolute Gasteiger partial charge is 0.416 e. The minimum atomic E-state index is -4.62. The van der Waals surface area contributed by atoms with Gasteiger partial charge in [0.2, 0.25) is 10.0 Å². The molecule has 1 aliphatic rings. The molecule has 0 aliphatic carbocycles. The minimum absolute atomic E-state index is 0.331. The molecule has 1 fully saturated rings. The molecule has 6 nitrogen and oxygen atoms in total. The van der Waals surface area contributed by atoms with E-state index < -0.39 is 38.1 Å². The van der Waals surface area contributed by atoms with Crippen LogP contribution < -0.4 is 4.72 Å². The Morgan fingerprint density at radius 1 is 1.19 bits per heavy atom. The highest BCUT2D eigenvalue weighted by Crippen LogP contribution is 2.30. The Bertz CT molecular complexity index is 780. The van der Waals surface area contributed by atoms with E-state index in [1.54, 1.807) is 20.8 Å². The first-order valence-corrected chi connectivity index (χ1v) is 9.94. The average molecular weight is 408 g/mol. The second kappa shape index (κ2) is 7.76. The molecule has 0 amide bonds. The van der Waals surface area contributed by atoms with Crippen molar-refractivity contribution in [1.29, 1.82) is 0 Å². The molecule has 0 spiro atoms. The molecule has 152 valence electrons. The SMILES string of the molecule is CC(C)(C)C(=O)ON1CCC(NS(=O)(=O)c2cccc(C(F)(F)F)c2)CC1. The van der Waals surface area contributed by atoms with E-state index in [2.05, 4.69) is 4.72 Å². The molecule has 1 N–H and O–H groups in total. The molecule has 2 rings (SSSR count). The van der Waals surface area contributed by atoms with Crippen LogP contribution in [0.4, 0.5) is 13.2 Å². The van der Waals surface area contributed by atoms with Gasteiger partial charge in [-0.3, -0.25) is 0 Å². The lowest BCUT2D eigenvalue weighted by molar-refractivity contribution is -0.204. The van der Waals surface area contributed by atoms with Crippen LogP contribution in [0.25, 0.3) is 0 Å². The Kier molecular flexibility index (Phi) is 6.23. The Labute approximate surface area is 156 Å². The van der Waals surface area contributed by atoms with Crippen molar-refractivity contribution in [2.24, 2.45) is 5.41 Å². The predicted octanol–water partition coefficient (Wildman–Crippen LogP) is 2.95. The van der Waals surface area contributed by atoms with Gasteiger partial charge in [0.1, 0.15) is 0 Å². The maximum Gasteiger partial charge on any atom is 0.416 e. The van der Waals surface area contributed by atoms with Gasteiger partial charge in [-0.05, 0) is 51.8 Å². The van der Waals surface area contributed by atoms with Crippen LogP contribution in [0.2, 0.25) is 0 Å². The van der Waals surface area contributed by atoms with Gasteiger partial charge in [-0.2, -0.15) is 13.2 Å². The fourth-order valence-electron chi connectivity index (χ4n) is 2.45. The van der Waals surface area contributed by atoms with Crippen molar-refractivity contribution < 1.29 is 31.2 Å². The molecule has 1 aliphatic heterocycles. The number of hydrogen-bond acceptors (Lipinski definition) is 5. The zero-order valence-electron chi connectivity index (χ0n) is 15.3. The number of nitrogens with one attached hydrogen (secondary N) is 1. The maximum atomic E-state index is 12.8. The summed E-state index contributed by atoms with van der Waals surface area (Å²) in [6.45, 7) is 5.84. The molecular formula is C17H23F3N2O4S. The summed E-state index contributed by atoms with van der Waals surface area (Å²) in [5.74, 6) is -0.384. The number of carbonyl (C=O) groups is 1. The fourth-order valence-corrected chi connectivity index (χ4v) is 3.80. The van der Waals surface area contributed by atoms with E-state index in [4.69, 9.17) is 4.84 Å². The summed E-state index contributed by atoms with van der Waals surface area (Å²) >= 11 is 0. The number of sulfonamides is 1. The second-order valence-corrected chi connectivity index (χ2v) is 9.19. The zero-order chi connectivity index (χ0) is 20.5. The molecule has 1 saturated heterocycles. The van der Waals surface area contributed by atoms with Crippen LogP contribution in [0.5, 0.6) is 0 Å². The van der Waals surface area contributed by atoms with E-state index in [9.17, 15) is 26.4 Å². The number of piperidine rings is 1. The third kappa shape index (κ3) is 5.91. The molecule has 10 heteroatoms. The monoisotopic (exact) mass is 408 g/mol. The Balaban J connectivity index is 1.97. The van der Waals surface area contributed by atoms with Crippen LogP contribution in [-0.4, -0.2) is 38.6 Å². The van der Waals surface area contributed by atoms with E-state index in [1.807, 2.05) is 0 Å². The van der Waals surface area contributed by atoms with Gasteiger partial charge in [-0.1, -0.05) is 6.07 Å². The summed E-state index contributed by atoms with van der Waals surface area (Å²) in [7, 11) is -4.08. The lowest BCUT2D eigenvalue weighted by atomic mass is 9.98. The van der Waals surface area contributed by atoms with Crippen molar-refractivity contribution in [3.05, 3.63) is 29.8 Å². The number of halogens is 3. The molecule has 0 saturated carbocycles. The van der Waals surface area contributed by atoms with Crippen molar-refractivity contribution in [3.63, 3.8) is 0 Å². The smallest absolute Gasteiger partial charge is 0.367 e. The van der Waals surface area contributed by atoms with Gasteiger partial charge in [0.15, 0.2) is 0 Å². The van der Waals surface area contributed by atoms with Crippen molar-refractivity contribution >= 4 is 16.0 Å². The Morgan fingerprint density at radius 3 is 2.30 bits per heavy atom. The Morgan fingerprint density at radius 2 is 1.78 bits per heavy atom. The highest BCUT2D eigenvalue weighted by atomic mass is 32.2. The van der Waals surface area contributed by atoms with Crippen molar-refractivity contribution in [2.45, 2.75) is 50.7 Å². The standard InChI is InChI=1S/C17H23F3N2O4S/c1-16(2,3)15(23)26-22-9-7-13(8-10-22)21-27(24,25)14-6-4-5-12(11-14)17(18,19)20/h4-6,11,13,21H,7-10H2,1-3H3. The molecule has 0 atom stereocenters. The molecule has 0 radical (unpaired) electrons. The molecule has 0 unspecified atom stereocenters. The molecule has 0 aromatic heterocycles. The number of carbonyl (C=O) groups excluding carboxylic acids is 1. The van der Waals surface area contributed by atoms with Crippen LogP contribution in [0.15, 0.2) is 29.2 Å². The van der Waals surface area contributed by atoms with Gasteiger partial charge < -0.3 is 4.84 Å². The molecular weight excluding hydrogens is 385 g/mol. The highest BCUT2D eigenvalue weighted by molar-refractivity contribution is 7.89. The first-order valence-electron chi connectivity index (χ1n) is 8.46. The summed E-state index contributed by atoms with van der Waals surface area (Å²) in [5, 5.41) is 1.47. The van der Waals surface area contributed by atoms with Gasteiger partial charge in [0.25, 0.3) is 0 Å². The first-order chi connectivity index (χ1) is 12.3. The lowest BCUT2D eigenvalue weighted by Gasteiger charge is -2.32. The van der Waals surface area contributed by atoms with Crippen LogP contribution in [0.3, 0.4) is 0 Å². The van der Waals surface area contributed by atoms with E-state index in [0.29, 0.717) is 32.0 Å². The summed E-state index contributed by atoms with van der Waals surface area (Å²) in [5.41, 5.74) is -1.67. The number of hydroxylamine groups is 2. The number of rotatable bonds is 4. The number of hydrogen-bond donors (Lipinski definition) is 1.